The third kappa shape index (κ3) is 4.81. The lowest BCUT2D eigenvalue weighted by Gasteiger charge is -2.36. The summed E-state index contributed by atoms with van der Waals surface area (Å²) in [6, 6.07) is 11.1. The normalized spacial score (nSPS) is 13.7. The molecule has 0 N–H and O–H groups in total. The minimum atomic E-state index is -0.429. The number of aldehydes is 1. The van der Waals surface area contributed by atoms with Crippen molar-refractivity contribution in [1.82, 2.24) is 4.90 Å². The van der Waals surface area contributed by atoms with Crippen molar-refractivity contribution >= 4 is 23.6 Å². The molecule has 2 aromatic carbocycles. The molecule has 3 rings (SSSR count). The van der Waals surface area contributed by atoms with Gasteiger partial charge in [0.1, 0.15) is 6.29 Å². The van der Waals surface area contributed by atoms with Crippen LogP contribution in [0, 0.1) is 10.1 Å². The molecule has 0 bridgehead atoms. The van der Waals surface area contributed by atoms with E-state index < -0.39 is 4.92 Å². The van der Waals surface area contributed by atoms with E-state index in [0.29, 0.717) is 49.5 Å². The Morgan fingerprint density at radius 2 is 1.79 bits per heavy atom. The van der Waals surface area contributed by atoms with Crippen LogP contribution in [-0.4, -0.2) is 61.9 Å². The highest BCUT2D eigenvalue weighted by Crippen LogP contribution is 2.27. The number of non-ortho nitro benzene ring substituents is 1. The van der Waals surface area contributed by atoms with Crippen LogP contribution in [0.3, 0.4) is 0 Å². The van der Waals surface area contributed by atoms with Gasteiger partial charge in [-0.2, -0.15) is 0 Å². The van der Waals surface area contributed by atoms with Gasteiger partial charge in [-0.15, -0.1) is 0 Å². The summed E-state index contributed by atoms with van der Waals surface area (Å²) in [6.45, 7) is 2.18. The fraction of sp³-hybridized carbons (Fsp3) is 0.300. The van der Waals surface area contributed by atoms with E-state index in [4.69, 9.17) is 9.47 Å². The molecule has 0 aliphatic carbocycles. The Bertz CT molecular complexity index is 892. The van der Waals surface area contributed by atoms with Crippen molar-refractivity contribution in [2.45, 2.75) is 0 Å². The largest absolute Gasteiger partial charge is 0.493 e. The van der Waals surface area contributed by atoms with Crippen LogP contribution in [-0.2, 0) is 4.79 Å². The van der Waals surface area contributed by atoms with Crippen molar-refractivity contribution in [1.29, 1.82) is 0 Å². The summed E-state index contributed by atoms with van der Waals surface area (Å²) in [4.78, 5) is 37.4. The van der Waals surface area contributed by atoms with Crippen LogP contribution >= 0.6 is 0 Å². The molecule has 0 aromatic heterocycles. The second-order valence-electron chi connectivity index (χ2n) is 6.46. The molecule has 1 aliphatic rings. The Morgan fingerprint density at radius 1 is 1.10 bits per heavy atom. The molecule has 0 unspecified atom stereocenters. The fourth-order valence-electron chi connectivity index (χ4n) is 3.11. The lowest BCUT2D eigenvalue weighted by Crippen LogP contribution is -2.50. The highest BCUT2D eigenvalue weighted by molar-refractivity contribution is 5.79. The first kappa shape index (κ1) is 20.1. The topological polar surface area (TPSA) is 102 Å². The molecule has 0 atom stereocenters. The molecule has 0 spiro atoms. The van der Waals surface area contributed by atoms with Crippen LogP contribution in [0.25, 0.3) is 0 Å². The lowest BCUT2D eigenvalue weighted by atomic mass is 10.2. The number of rotatable bonds is 7. The van der Waals surface area contributed by atoms with E-state index in [-0.39, 0.29) is 18.2 Å². The molecule has 2 aromatic rings. The standard InChI is InChI=1S/C20H21N3O6/c1-28-19-12-15(13-24)2-7-18(19)29-14-20(25)22-10-8-21(9-11-22)16-3-5-17(6-4-16)23(26)27/h2-7,12-13H,8-11,14H2,1H3. The van der Waals surface area contributed by atoms with E-state index >= 15 is 0 Å². The minimum absolute atomic E-state index is 0.0521. The molecule has 9 heteroatoms. The quantitative estimate of drug-likeness (QED) is 0.399. The summed E-state index contributed by atoms with van der Waals surface area (Å²) in [6.07, 6.45) is 0.710. The fourth-order valence-corrected chi connectivity index (χ4v) is 3.11. The zero-order valence-corrected chi connectivity index (χ0v) is 15.9. The highest BCUT2D eigenvalue weighted by atomic mass is 16.6. The van der Waals surface area contributed by atoms with Crippen LogP contribution in [0.2, 0.25) is 0 Å². The molecular formula is C20H21N3O6. The van der Waals surface area contributed by atoms with Crippen LogP contribution in [0.5, 0.6) is 11.5 Å². The SMILES string of the molecule is COc1cc(C=O)ccc1OCC(=O)N1CCN(c2ccc([N+](=O)[O-])cc2)CC1. The average Bonchev–Trinajstić information content (AvgIpc) is 2.77. The molecule has 0 radical (unpaired) electrons. The maximum absolute atomic E-state index is 12.5. The minimum Gasteiger partial charge on any atom is -0.493 e. The van der Waals surface area contributed by atoms with Gasteiger partial charge in [-0.25, -0.2) is 0 Å². The Kier molecular flexibility index (Phi) is 6.28. The predicted molar refractivity (Wildman–Crippen MR) is 106 cm³/mol. The Labute approximate surface area is 167 Å². The number of anilines is 1. The van der Waals surface area contributed by atoms with Gasteiger partial charge in [-0.3, -0.25) is 19.7 Å². The van der Waals surface area contributed by atoms with Crippen molar-refractivity contribution in [3.05, 3.63) is 58.1 Å². The van der Waals surface area contributed by atoms with Crippen LogP contribution in [0.1, 0.15) is 10.4 Å². The molecular weight excluding hydrogens is 378 g/mol. The number of nitro groups is 1. The number of nitro benzene ring substituents is 1. The van der Waals surface area contributed by atoms with Crippen LogP contribution in [0.4, 0.5) is 11.4 Å². The predicted octanol–water partition coefficient (Wildman–Crippen LogP) is 2.14. The maximum atomic E-state index is 12.5. The van der Waals surface area contributed by atoms with Crippen LogP contribution < -0.4 is 14.4 Å². The molecule has 9 nitrogen and oxygen atoms in total. The molecule has 152 valence electrons. The second-order valence-corrected chi connectivity index (χ2v) is 6.46. The van der Waals surface area contributed by atoms with Gasteiger partial charge >= 0.3 is 0 Å². The highest BCUT2D eigenvalue weighted by Gasteiger charge is 2.22. The van der Waals surface area contributed by atoms with E-state index in [2.05, 4.69) is 4.90 Å². The van der Waals surface area contributed by atoms with Crippen molar-refractivity contribution in [3.8, 4) is 11.5 Å². The summed E-state index contributed by atoms with van der Waals surface area (Å²) in [5.41, 5.74) is 1.40. The third-order valence-electron chi connectivity index (χ3n) is 4.73. The summed E-state index contributed by atoms with van der Waals surface area (Å²) in [7, 11) is 1.47. The number of carbonyl (C=O) groups is 2. The molecule has 1 saturated heterocycles. The second kappa shape index (κ2) is 9.05. The smallest absolute Gasteiger partial charge is 0.269 e. The number of methoxy groups -OCH3 is 1. The number of hydrogen-bond donors (Lipinski definition) is 0. The molecule has 1 fully saturated rings. The summed E-state index contributed by atoms with van der Waals surface area (Å²) in [5, 5.41) is 10.8. The Morgan fingerprint density at radius 3 is 2.38 bits per heavy atom. The lowest BCUT2D eigenvalue weighted by molar-refractivity contribution is -0.384. The molecule has 0 saturated carbocycles. The number of ether oxygens (including phenoxy) is 2. The third-order valence-corrected chi connectivity index (χ3v) is 4.73. The van der Waals surface area contributed by atoms with E-state index in [1.165, 1.54) is 19.2 Å². The Hall–Kier alpha value is -3.62. The zero-order valence-electron chi connectivity index (χ0n) is 15.9. The number of amides is 1. The molecule has 1 aliphatic heterocycles. The maximum Gasteiger partial charge on any atom is 0.269 e. The molecule has 1 heterocycles. The van der Waals surface area contributed by atoms with Gasteiger partial charge in [0, 0.05) is 49.6 Å². The van der Waals surface area contributed by atoms with Crippen molar-refractivity contribution in [2.24, 2.45) is 0 Å². The van der Waals surface area contributed by atoms with E-state index in [1.54, 1.807) is 35.2 Å². The van der Waals surface area contributed by atoms with Gasteiger partial charge in [0.05, 0.1) is 12.0 Å². The van der Waals surface area contributed by atoms with Crippen molar-refractivity contribution in [3.63, 3.8) is 0 Å². The van der Waals surface area contributed by atoms with E-state index in [0.717, 1.165) is 5.69 Å². The monoisotopic (exact) mass is 399 g/mol. The number of carbonyl (C=O) groups excluding carboxylic acids is 2. The number of hydrogen-bond acceptors (Lipinski definition) is 7. The first-order valence-corrected chi connectivity index (χ1v) is 9.05. The first-order valence-electron chi connectivity index (χ1n) is 9.05. The van der Waals surface area contributed by atoms with Gasteiger partial charge < -0.3 is 19.3 Å². The van der Waals surface area contributed by atoms with Gasteiger partial charge in [0.2, 0.25) is 0 Å². The summed E-state index contributed by atoms with van der Waals surface area (Å²) >= 11 is 0. The van der Waals surface area contributed by atoms with E-state index in [9.17, 15) is 19.7 Å². The van der Waals surface area contributed by atoms with Gasteiger partial charge in [-0.05, 0) is 30.3 Å². The molecule has 29 heavy (non-hydrogen) atoms. The average molecular weight is 399 g/mol. The first-order chi connectivity index (χ1) is 14.0. The summed E-state index contributed by atoms with van der Waals surface area (Å²) < 4.78 is 10.8. The van der Waals surface area contributed by atoms with E-state index in [1.807, 2.05) is 0 Å². The number of nitrogens with zero attached hydrogens (tertiary/aromatic N) is 3. The van der Waals surface area contributed by atoms with Gasteiger partial charge in [0.25, 0.3) is 11.6 Å². The zero-order chi connectivity index (χ0) is 20.8. The Balaban J connectivity index is 1.52. The number of piperazine rings is 1. The van der Waals surface area contributed by atoms with Crippen LogP contribution in [0.15, 0.2) is 42.5 Å². The van der Waals surface area contributed by atoms with Crippen molar-refractivity contribution < 1.29 is 24.0 Å². The van der Waals surface area contributed by atoms with Gasteiger partial charge in [0.15, 0.2) is 18.1 Å². The van der Waals surface area contributed by atoms with Gasteiger partial charge in [-0.1, -0.05) is 0 Å². The summed E-state index contributed by atoms with van der Waals surface area (Å²) in [5.74, 6) is 0.649. The number of benzene rings is 2. The molecule has 1 amide bonds. The van der Waals surface area contributed by atoms with Crippen molar-refractivity contribution in [2.75, 3.05) is 44.8 Å².